The highest BCUT2D eigenvalue weighted by Crippen LogP contribution is 2.14. The van der Waals surface area contributed by atoms with E-state index in [1.807, 2.05) is 6.92 Å². The highest BCUT2D eigenvalue weighted by molar-refractivity contribution is 14.1. The molecule has 0 heterocycles. The molecule has 0 saturated heterocycles. The lowest BCUT2D eigenvalue weighted by Gasteiger charge is -2.10. The van der Waals surface area contributed by atoms with E-state index in [4.69, 9.17) is 4.74 Å². The van der Waals surface area contributed by atoms with Crippen molar-refractivity contribution in [1.82, 2.24) is 0 Å². The number of carbonyl (C=O) groups is 1. The summed E-state index contributed by atoms with van der Waals surface area (Å²) in [7, 11) is 0. The van der Waals surface area contributed by atoms with Crippen molar-refractivity contribution >= 4 is 28.6 Å². The van der Waals surface area contributed by atoms with Gasteiger partial charge in [0.1, 0.15) is 0 Å². The van der Waals surface area contributed by atoms with Gasteiger partial charge in [0.15, 0.2) is 0 Å². The molecular formula is C9H17IO2. The van der Waals surface area contributed by atoms with E-state index < -0.39 is 0 Å². The average molecular weight is 284 g/mol. The highest BCUT2D eigenvalue weighted by atomic mass is 127. The Hall–Kier alpha value is 0.200. The van der Waals surface area contributed by atoms with E-state index >= 15 is 0 Å². The van der Waals surface area contributed by atoms with Crippen LogP contribution < -0.4 is 0 Å². The van der Waals surface area contributed by atoms with Crippen molar-refractivity contribution in [3.8, 4) is 0 Å². The number of rotatable bonds is 6. The lowest BCUT2D eigenvalue weighted by molar-refractivity contribution is -0.144. The lowest BCUT2D eigenvalue weighted by atomic mass is 10.0. The van der Waals surface area contributed by atoms with Gasteiger partial charge in [-0.3, -0.25) is 4.79 Å². The van der Waals surface area contributed by atoms with E-state index in [-0.39, 0.29) is 5.97 Å². The van der Waals surface area contributed by atoms with Gasteiger partial charge in [0.2, 0.25) is 0 Å². The van der Waals surface area contributed by atoms with Gasteiger partial charge in [-0.2, -0.15) is 0 Å². The first-order valence-electron chi connectivity index (χ1n) is 4.46. The van der Waals surface area contributed by atoms with Crippen molar-refractivity contribution in [3.05, 3.63) is 0 Å². The van der Waals surface area contributed by atoms with Crippen molar-refractivity contribution in [2.75, 3.05) is 11.0 Å². The summed E-state index contributed by atoms with van der Waals surface area (Å²) in [6.45, 7) is 4.49. The first-order valence-corrected chi connectivity index (χ1v) is 5.98. The minimum atomic E-state index is -0.0485. The molecule has 0 N–H and O–H groups in total. The van der Waals surface area contributed by atoms with Gasteiger partial charge in [-0.05, 0) is 19.3 Å². The van der Waals surface area contributed by atoms with Crippen molar-refractivity contribution in [2.45, 2.75) is 33.1 Å². The van der Waals surface area contributed by atoms with E-state index in [9.17, 15) is 4.79 Å². The Bertz CT molecular complexity index is 126. The summed E-state index contributed by atoms with van der Waals surface area (Å²) in [6, 6.07) is 0. The minimum Gasteiger partial charge on any atom is -0.466 e. The number of ether oxygens (including phenoxy) is 1. The van der Waals surface area contributed by atoms with Crippen LogP contribution in [0.15, 0.2) is 0 Å². The number of carbonyl (C=O) groups excluding carboxylic acids is 1. The van der Waals surface area contributed by atoms with Crippen LogP contribution in [-0.2, 0) is 9.53 Å². The second-order valence-electron chi connectivity index (χ2n) is 2.82. The minimum absolute atomic E-state index is 0.0485. The Morgan fingerprint density at radius 2 is 2.17 bits per heavy atom. The third-order valence-corrected chi connectivity index (χ3v) is 2.92. The van der Waals surface area contributed by atoms with Gasteiger partial charge in [-0.25, -0.2) is 0 Å². The molecule has 0 aliphatic carbocycles. The molecular weight excluding hydrogens is 267 g/mol. The number of esters is 1. The smallest absolute Gasteiger partial charge is 0.306 e. The maximum atomic E-state index is 11.1. The summed E-state index contributed by atoms with van der Waals surface area (Å²) >= 11 is 2.33. The molecule has 2 nitrogen and oxygen atoms in total. The van der Waals surface area contributed by atoms with E-state index in [2.05, 4.69) is 29.5 Å². The molecule has 1 atom stereocenters. The second-order valence-corrected chi connectivity index (χ2v) is 3.70. The van der Waals surface area contributed by atoms with Gasteiger partial charge >= 0.3 is 5.97 Å². The number of hydrogen-bond donors (Lipinski definition) is 0. The van der Waals surface area contributed by atoms with Crippen molar-refractivity contribution in [1.29, 1.82) is 0 Å². The highest BCUT2D eigenvalue weighted by Gasteiger charge is 2.11. The van der Waals surface area contributed by atoms with E-state index in [0.29, 0.717) is 18.9 Å². The first-order chi connectivity index (χ1) is 5.74. The fraction of sp³-hybridized carbons (Fsp3) is 0.889. The van der Waals surface area contributed by atoms with Crippen LogP contribution in [0.3, 0.4) is 0 Å². The molecule has 0 spiro atoms. The molecule has 0 aromatic carbocycles. The molecule has 3 heteroatoms. The van der Waals surface area contributed by atoms with Crippen LogP contribution in [0.25, 0.3) is 0 Å². The Balaban J connectivity index is 3.61. The van der Waals surface area contributed by atoms with E-state index in [1.165, 1.54) is 0 Å². The van der Waals surface area contributed by atoms with Gasteiger partial charge in [0, 0.05) is 10.8 Å². The summed E-state index contributed by atoms with van der Waals surface area (Å²) in [5, 5.41) is 0. The van der Waals surface area contributed by atoms with Crippen LogP contribution in [0.5, 0.6) is 0 Å². The zero-order valence-corrected chi connectivity index (χ0v) is 9.96. The third kappa shape index (κ3) is 5.80. The zero-order chi connectivity index (χ0) is 9.40. The Labute approximate surface area is 88.2 Å². The zero-order valence-electron chi connectivity index (χ0n) is 7.81. The molecule has 0 unspecified atom stereocenters. The summed E-state index contributed by atoms with van der Waals surface area (Å²) < 4.78 is 5.92. The Morgan fingerprint density at radius 1 is 1.50 bits per heavy atom. The second kappa shape index (κ2) is 7.83. The van der Waals surface area contributed by atoms with Crippen molar-refractivity contribution in [2.24, 2.45) is 5.92 Å². The van der Waals surface area contributed by atoms with E-state index in [0.717, 1.165) is 17.3 Å². The largest absolute Gasteiger partial charge is 0.466 e. The SMILES string of the molecule is CCC[C@@H](CI)CC(=O)OCC. The van der Waals surface area contributed by atoms with Gasteiger partial charge in [0.05, 0.1) is 6.61 Å². The van der Waals surface area contributed by atoms with Gasteiger partial charge < -0.3 is 4.74 Å². The predicted molar refractivity (Wildman–Crippen MR) is 58.5 cm³/mol. The quantitative estimate of drug-likeness (QED) is 0.426. The molecule has 0 saturated carbocycles. The van der Waals surface area contributed by atoms with Gasteiger partial charge in [-0.15, -0.1) is 0 Å². The van der Waals surface area contributed by atoms with Crippen LogP contribution in [-0.4, -0.2) is 17.0 Å². The molecule has 72 valence electrons. The summed E-state index contributed by atoms with van der Waals surface area (Å²) in [5.41, 5.74) is 0. The number of halogens is 1. The average Bonchev–Trinajstić information content (AvgIpc) is 2.04. The van der Waals surface area contributed by atoms with Gasteiger partial charge in [0.25, 0.3) is 0 Å². The summed E-state index contributed by atoms with van der Waals surface area (Å²) in [4.78, 5) is 11.1. The van der Waals surface area contributed by atoms with Crippen LogP contribution in [0.4, 0.5) is 0 Å². The molecule has 0 aliphatic heterocycles. The monoisotopic (exact) mass is 284 g/mol. The molecule has 0 rings (SSSR count). The molecule has 0 amide bonds. The maximum absolute atomic E-state index is 11.1. The van der Waals surface area contributed by atoms with Crippen molar-refractivity contribution in [3.63, 3.8) is 0 Å². The molecule has 0 aromatic heterocycles. The molecule has 0 aromatic rings. The van der Waals surface area contributed by atoms with E-state index in [1.54, 1.807) is 0 Å². The summed E-state index contributed by atoms with van der Waals surface area (Å²) in [6.07, 6.45) is 2.86. The molecule has 0 aliphatic rings. The predicted octanol–water partition coefficient (Wildman–Crippen LogP) is 2.79. The third-order valence-electron chi connectivity index (χ3n) is 1.68. The van der Waals surface area contributed by atoms with Crippen molar-refractivity contribution < 1.29 is 9.53 Å². The summed E-state index contributed by atoms with van der Waals surface area (Å²) in [5.74, 6) is 0.460. The lowest BCUT2D eigenvalue weighted by Crippen LogP contribution is -2.12. The van der Waals surface area contributed by atoms with Crippen LogP contribution in [0.1, 0.15) is 33.1 Å². The number of alkyl halides is 1. The molecule has 0 fully saturated rings. The Morgan fingerprint density at radius 3 is 2.58 bits per heavy atom. The van der Waals surface area contributed by atoms with Crippen LogP contribution in [0.2, 0.25) is 0 Å². The van der Waals surface area contributed by atoms with Gasteiger partial charge in [-0.1, -0.05) is 35.9 Å². The Kier molecular flexibility index (Phi) is 7.96. The van der Waals surface area contributed by atoms with Crippen LogP contribution >= 0.6 is 22.6 Å². The first kappa shape index (κ1) is 12.2. The standard InChI is InChI=1S/C9H17IO2/c1-3-5-8(7-10)6-9(11)12-4-2/h8H,3-7H2,1-2H3/t8-/m1/s1. The molecule has 0 bridgehead atoms. The fourth-order valence-corrected chi connectivity index (χ4v) is 1.85. The van der Waals surface area contributed by atoms with Crippen LogP contribution in [0, 0.1) is 5.92 Å². The maximum Gasteiger partial charge on any atom is 0.306 e. The fourth-order valence-electron chi connectivity index (χ4n) is 1.10. The normalized spacial score (nSPS) is 12.6. The molecule has 0 radical (unpaired) electrons. The number of hydrogen-bond acceptors (Lipinski definition) is 2. The topological polar surface area (TPSA) is 26.3 Å². The molecule has 12 heavy (non-hydrogen) atoms.